The van der Waals surface area contributed by atoms with Crippen molar-refractivity contribution in [1.82, 2.24) is 15.4 Å². The molecule has 0 aliphatic carbocycles. The predicted molar refractivity (Wildman–Crippen MR) is 130 cm³/mol. The monoisotopic (exact) mass is 554 g/mol. The Morgan fingerprint density at radius 2 is 2.03 bits per heavy atom. The van der Waals surface area contributed by atoms with Crippen LogP contribution in [0.3, 0.4) is 0 Å². The van der Waals surface area contributed by atoms with Gasteiger partial charge in [-0.2, -0.15) is 5.10 Å². The number of carbonyl (C=O) groups excluding carboxylic acids is 1. The van der Waals surface area contributed by atoms with Crippen LogP contribution in [0.25, 0.3) is 0 Å². The van der Waals surface area contributed by atoms with Gasteiger partial charge in [-0.1, -0.05) is 41.0 Å². The normalized spacial score (nSPS) is 10.9. The standard InChI is InChI=1S/C21H17BrCl2N4O3S/c1-30-18-8-13(10-27-28-19(29)12-32-21-25-5-2-6-26-21)7-16(22)20(18)31-11-14-3-4-15(23)9-17(14)24/h2-10H,11-12H2,1H3,(H,28,29)/b27-10-. The Morgan fingerprint density at radius 3 is 2.75 bits per heavy atom. The average Bonchev–Trinajstić information content (AvgIpc) is 2.78. The molecule has 3 rings (SSSR count). The molecule has 0 unspecified atom stereocenters. The van der Waals surface area contributed by atoms with Crippen molar-refractivity contribution in [2.75, 3.05) is 12.9 Å². The van der Waals surface area contributed by atoms with Crippen LogP contribution in [-0.4, -0.2) is 35.0 Å². The quantitative estimate of drug-likeness (QED) is 0.165. The van der Waals surface area contributed by atoms with Crippen LogP contribution >= 0.6 is 50.9 Å². The van der Waals surface area contributed by atoms with Gasteiger partial charge in [-0.25, -0.2) is 15.4 Å². The number of carbonyl (C=O) groups is 1. The fraction of sp³-hybridized carbons (Fsp3) is 0.143. The fourth-order valence-electron chi connectivity index (χ4n) is 2.44. The summed E-state index contributed by atoms with van der Waals surface area (Å²) in [6, 6.07) is 10.5. The zero-order valence-corrected chi connectivity index (χ0v) is 20.6. The third kappa shape index (κ3) is 7.09. The molecule has 1 heterocycles. The molecule has 1 N–H and O–H groups in total. The van der Waals surface area contributed by atoms with Crippen LogP contribution in [0.4, 0.5) is 0 Å². The van der Waals surface area contributed by atoms with Gasteiger partial charge in [-0.05, 0) is 51.8 Å². The number of hydrogen-bond acceptors (Lipinski definition) is 7. The molecule has 2 aromatic carbocycles. The summed E-state index contributed by atoms with van der Waals surface area (Å²) in [4.78, 5) is 20.0. The zero-order chi connectivity index (χ0) is 22.9. The van der Waals surface area contributed by atoms with E-state index in [1.165, 1.54) is 25.1 Å². The number of methoxy groups -OCH3 is 1. The summed E-state index contributed by atoms with van der Waals surface area (Å²) in [6.45, 7) is 0.233. The van der Waals surface area contributed by atoms with E-state index in [0.717, 1.165) is 5.56 Å². The van der Waals surface area contributed by atoms with Crippen molar-refractivity contribution in [2.24, 2.45) is 5.10 Å². The van der Waals surface area contributed by atoms with Crippen molar-refractivity contribution in [3.63, 3.8) is 0 Å². The third-order valence-electron chi connectivity index (χ3n) is 3.92. The van der Waals surface area contributed by atoms with Crippen LogP contribution in [0.15, 0.2) is 63.5 Å². The number of aromatic nitrogens is 2. The first-order valence-corrected chi connectivity index (χ1v) is 11.7. The van der Waals surface area contributed by atoms with E-state index >= 15 is 0 Å². The molecule has 0 radical (unpaired) electrons. The maximum atomic E-state index is 11.9. The molecule has 0 saturated carbocycles. The SMILES string of the molecule is COc1cc(/C=N\NC(=O)CSc2ncccn2)cc(Br)c1OCc1ccc(Cl)cc1Cl. The van der Waals surface area contributed by atoms with Crippen LogP contribution < -0.4 is 14.9 Å². The molecule has 0 atom stereocenters. The zero-order valence-electron chi connectivity index (χ0n) is 16.7. The lowest BCUT2D eigenvalue weighted by atomic mass is 10.2. The Hall–Kier alpha value is -2.33. The molecule has 3 aromatic rings. The van der Waals surface area contributed by atoms with E-state index in [1.807, 2.05) is 0 Å². The first-order chi connectivity index (χ1) is 15.5. The van der Waals surface area contributed by atoms with E-state index in [-0.39, 0.29) is 18.3 Å². The van der Waals surface area contributed by atoms with Gasteiger partial charge in [-0.15, -0.1) is 0 Å². The number of thioether (sulfide) groups is 1. The molecule has 32 heavy (non-hydrogen) atoms. The van der Waals surface area contributed by atoms with Gasteiger partial charge in [0.15, 0.2) is 16.7 Å². The predicted octanol–water partition coefficient (Wildman–Crippen LogP) is 5.38. The minimum Gasteiger partial charge on any atom is -0.493 e. The van der Waals surface area contributed by atoms with Gasteiger partial charge in [0.05, 0.1) is 23.5 Å². The number of benzene rings is 2. The van der Waals surface area contributed by atoms with Gasteiger partial charge in [-0.3, -0.25) is 4.79 Å². The van der Waals surface area contributed by atoms with Gasteiger partial charge >= 0.3 is 0 Å². The summed E-state index contributed by atoms with van der Waals surface area (Å²) in [6.07, 6.45) is 4.75. The lowest BCUT2D eigenvalue weighted by Gasteiger charge is -2.14. The van der Waals surface area contributed by atoms with Crippen molar-refractivity contribution < 1.29 is 14.3 Å². The van der Waals surface area contributed by atoms with Crippen LogP contribution in [0.5, 0.6) is 11.5 Å². The second-order valence-electron chi connectivity index (χ2n) is 6.17. The van der Waals surface area contributed by atoms with Crippen LogP contribution in [0, 0.1) is 0 Å². The summed E-state index contributed by atoms with van der Waals surface area (Å²) in [7, 11) is 1.54. The lowest BCUT2D eigenvalue weighted by Crippen LogP contribution is -2.19. The number of nitrogens with one attached hydrogen (secondary N) is 1. The van der Waals surface area contributed by atoms with Gasteiger partial charge in [0, 0.05) is 28.0 Å². The molecule has 0 fully saturated rings. The summed E-state index contributed by atoms with van der Waals surface area (Å²) < 4.78 is 12.0. The minimum atomic E-state index is -0.274. The molecule has 0 aliphatic rings. The minimum absolute atomic E-state index is 0.147. The van der Waals surface area contributed by atoms with Crippen molar-refractivity contribution in [3.05, 3.63) is 74.4 Å². The number of hydrogen-bond donors (Lipinski definition) is 1. The molecule has 1 amide bonds. The van der Waals surface area contributed by atoms with Crippen LogP contribution in [0.1, 0.15) is 11.1 Å². The molecular weight excluding hydrogens is 539 g/mol. The van der Waals surface area contributed by atoms with Gasteiger partial charge in [0.1, 0.15) is 6.61 Å². The Bertz CT molecular complexity index is 1120. The van der Waals surface area contributed by atoms with Gasteiger partial charge in [0.25, 0.3) is 5.91 Å². The molecule has 0 saturated heterocycles. The molecular formula is C21H17BrCl2N4O3S. The summed E-state index contributed by atoms with van der Waals surface area (Å²) in [5.74, 6) is 0.881. The Balaban J connectivity index is 1.60. The number of rotatable bonds is 9. The van der Waals surface area contributed by atoms with E-state index in [0.29, 0.717) is 36.7 Å². The first kappa shape index (κ1) is 24.3. The van der Waals surface area contributed by atoms with Gasteiger partial charge < -0.3 is 9.47 Å². The molecule has 0 aliphatic heterocycles. The van der Waals surface area contributed by atoms with E-state index in [1.54, 1.807) is 48.8 Å². The molecule has 166 valence electrons. The van der Waals surface area contributed by atoms with Crippen LogP contribution in [-0.2, 0) is 11.4 Å². The molecule has 11 heteroatoms. The number of ether oxygens (including phenoxy) is 2. The van der Waals surface area contributed by atoms with Gasteiger partial charge in [0.2, 0.25) is 0 Å². The number of hydrazone groups is 1. The smallest absolute Gasteiger partial charge is 0.250 e. The maximum absolute atomic E-state index is 11.9. The molecule has 1 aromatic heterocycles. The Morgan fingerprint density at radius 1 is 1.25 bits per heavy atom. The van der Waals surface area contributed by atoms with E-state index in [9.17, 15) is 4.79 Å². The lowest BCUT2D eigenvalue weighted by molar-refractivity contribution is -0.118. The van der Waals surface area contributed by atoms with Crippen molar-refractivity contribution in [2.45, 2.75) is 11.8 Å². The topological polar surface area (TPSA) is 85.7 Å². The van der Waals surface area contributed by atoms with E-state index in [2.05, 4.69) is 36.4 Å². The number of halogens is 3. The number of nitrogens with zero attached hydrogens (tertiary/aromatic N) is 3. The summed E-state index contributed by atoms with van der Waals surface area (Å²) in [5, 5.41) is 5.58. The Labute approximate surface area is 207 Å². The first-order valence-electron chi connectivity index (χ1n) is 9.12. The molecule has 7 nitrogen and oxygen atoms in total. The highest BCUT2D eigenvalue weighted by molar-refractivity contribution is 9.10. The van der Waals surface area contributed by atoms with Crippen molar-refractivity contribution in [3.8, 4) is 11.5 Å². The second-order valence-corrected chi connectivity index (χ2v) is 8.81. The van der Waals surface area contributed by atoms with E-state index < -0.39 is 0 Å². The Kier molecular flexibility index (Phi) is 9.16. The maximum Gasteiger partial charge on any atom is 0.250 e. The van der Waals surface area contributed by atoms with E-state index in [4.69, 9.17) is 32.7 Å². The highest BCUT2D eigenvalue weighted by Gasteiger charge is 2.13. The fourth-order valence-corrected chi connectivity index (χ4v) is 4.08. The third-order valence-corrected chi connectivity index (χ3v) is 5.97. The van der Waals surface area contributed by atoms with Crippen molar-refractivity contribution in [1.29, 1.82) is 0 Å². The largest absolute Gasteiger partial charge is 0.493 e. The average molecular weight is 556 g/mol. The summed E-state index contributed by atoms with van der Waals surface area (Å²) >= 11 is 16.9. The highest BCUT2D eigenvalue weighted by atomic mass is 79.9. The van der Waals surface area contributed by atoms with Crippen LogP contribution in [0.2, 0.25) is 10.0 Å². The highest BCUT2D eigenvalue weighted by Crippen LogP contribution is 2.37. The van der Waals surface area contributed by atoms with Crippen molar-refractivity contribution >= 4 is 63.0 Å². The molecule has 0 spiro atoms. The second kappa shape index (κ2) is 12.1. The number of amides is 1. The summed E-state index contributed by atoms with van der Waals surface area (Å²) in [5.41, 5.74) is 3.96. The molecule has 0 bridgehead atoms.